The van der Waals surface area contributed by atoms with Crippen molar-refractivity contribution in [1.29, 1.82) is 0 Å². The molecular weight excluding hydrogens is 731 g/mol. The van der Waals surface area contributed by atoms with E-state index in [1.54, 1.807) is 11.8 Å². The smallest absolute Gasteiger partial charge is 0.143 e. The van der Waals surface area contributed by atoms with Crippen molar-refractivity contribution < 1.29 is 11.3 Å². The fraction of sp³-hybridized carbons (Fsp3) is 0.0189. The standard InChI is InChI=1S/C53H33NOS2/c1-2-12-34(13-3-1)35-22-26-37(27-23-35)54(38-28-24-36-25-30-41-40-14-4-8-18-47(40)55-52(41)42(36)32-38)39-29-31-51-46(33-39)53(45-17-7-11-21-50(45)57-51)43-15-5-9-19-48(43)56-49-20-10-6-16-44(49)53/h1-33H/i1D,2D,3D,12D,13D. The van der Waals surface area contributed by atoms with E-state index in [2.05, 4.69) is 132 Å². The van der Waals surface area contributed by atoms with Crippen LogP contribution in [0.4, 0.5) is 17.1 Å². The average Bonchev–Trinajstić information content (AvgIpc) is 3.70. The van der Waals surface area contributed by atoms with Gasteiger partial charge in [0.2, 0.25) is 0 Å². The molecule has 1 spiro atoms. The second-order valence-electron chi connectivity index (χ2n) is 14.5. The van der Waals surface area contributed by atoms with Gasteiger partial charge in [0.1, 0.15) is 11.2 Å². The quantitative estimate of drug-likeness (QED) is 0.177. The minimum atomic E-state index is -0.605. The van der Waals surface area contributed by atoms with E-state index >= 15 is 0 Å². The van der Waals surface area contributed by atoms with Crippen LogP contribution in [0, 0.1) is 0 Å². The first-order valence-corrected chi connectivity index (χ1v) is 20.5. The lowest BCUT2D eigenvalue weighted by molar-refractivity contribution is 0.667. The number of para-hydroxylation sites is 1. The molecule has 1 aromatic heterocycles. The van der Waals surface area contributed by atoms with Crippen molar-refractivity contribution in [2.75, 3.05) is 4.90 Å². The van der Waals surface area contributed by atoms with Gasteiger partial charge < -0.3 is 9.32 Å². The van der Waals surface area contributed by atoms with Crippen LogP contribution in [-0.2, 0) is 5.41 Å². The van der Waals surface area contributed by atoms with Crippen molar-refractivity contribution in [3.63, 3.8) is 0 Å². The Bertz CT molecular complexity index is 3380. The van der Waals surface area contributed by atoms with Crippen molar-refractivity contribution in [2.45, 2.75) is 25.0 Å². The molecule has 268 valence electrons. The second-order valence-corrected chi connectivity index (χ2v) is 16.6. The molecule has 2 nitrogen and oxygen atoms in total. The molecule has 57 heavy (non-hydrogen) atoms. The van der Waals surface area contributed by atoms with Crippen LogP contribution in [0.5, 0.6) is 0 Å². The number of nitrogens with zero attached hydrogens (tertiary/aromatic N) is 1. The lowest BCUT2D eigenvalue weighted by atomic mass is 9.64. The molecule has 0 bridgehead atoms. The molecule has 2 aliphatic heterocycles. The highest BCUT2D eigenvalue weighted by atomic mass is 32.2. The van der Waals surface area contributed by atoms with Gasteiger partial charge in [-0.05, 0) is 112 Å². The van der Waals surface area contributed by atoms with Gasteiger partial charge in [-0.2, -0.15) is 0 Å². The van der Waals surface area contributed by atoms with E-state index in [-0.39, 0.29) is 29.7 Å². The number of hydrogen-bond donors (Lipinski definition) is 0. The average molecular weight is 769 g/mol. The van der Waals surface area contributed by atoms with Crippen LogP contribution in [0.1, 0.15) is 29.1 Å². The highest BCUT2D eigenvalue weighted by molar-refractivity contribution is 8.00. The monoisotopic (exact) mass is 768 g/mol. The third kappa shape index (κ3) is 4.94. The van der Waals surface area contributed by atoms with Gasteiger partial charge in [0.05, 0.1) is 12.3 Å². The number of furan rings is 1. The van der Waals surface area contributed by atoms with Gasteiger partial charge in [-0.15, -0.1) is 0 Å². The van der Waals surface area contributed by atoms with Crippen LogP contribution in [0.25, 0.3) is 43.8 Å². The number of fused-ring (bicyclic) bond motifs is 13. The lowest BCUT2D eigenvalue weighted by Gasteiger charge is -2.46. The maximum absolute atomic E-state index is 8.71. The van der Waals surface area contributed by atoms with Gasteiger partial charge in [-0.25, -0.2) is 0 Å². The highest BCUT2D eigenvalue weighted by Gasteiger charge is 2.48. The maximum Gasteiger partial charge on any atom is 0.143 e. The van der Waals surface area contributed by atoms with E-state index in [4.69, 9.17) is 11.3 Å². The molecule has 12 rings (SSSR count). The summed E-state index contributed by atoms with van der Waals surface area (Å²) < 4.78 is 48.8. The zero-order valence-electron chi connectivity index (χ0n) is 35.3. The minimum Gasteiger partial charge on any atom is -0.455 e. The topological polar surface area (TPSA) is 16.4 Å². The summed E-state index contributed by atoms with van der Waals surface area (Å²) in [7, 11) is 0. The normalized spacial score (nSPS) is 14.8. The van der Waals surface area contributed by atoms with Crippen molar-refractivity contribution in [1.82, 2.24) is 0 Å². The predicted octanol–water partition coefficient (Wildman–Crippen LogP) is 15.2. The summed E-state index contributed by atoms with van der Waals surface area (Å²) >= 11 is 3.63. The summed E-state index contributed by atoms with van der Waals surface area (Å²) in [4.78, 5) is 7.13. The van der Waals surface area contributed by atoms with Crippen molar-refractivity contribution in [3.8, 4) is 11.1 Å². The highest BCUT2D eigenvalue weighted by Crippen LogP contribution is 2.62. The SMILES string of the molecule is [2H]c1c([2H])c([2H])c(-c2ccc(N(c3ccc4c(c3)C3(c5ccccc5Sc5ccccc53)c3ccccc3S4)c3ccc4ccc5c6ccccc6oc5c4c3)cc2)c([2H])c1[2H]. The number of benzene rings is 9. The molecular formula is C53H33NOS2. The van der Waals surface area contributed by atoms with Crippen LogP contribution in [-0.4, -0.2) is 0 Å². The number of anilines is 3. The number of hydrogen-bond acceptors (Lipinski definition) is 4. The molecule has 0 aliphatic carbocycles. The third-order valence-corrected chi connectivity index (χ3v) is 13.8. The van der Waals surface area contributed by atoms with Crippen LogP contribution in [0.15, 0.2) is 224 Å². The molecule has 0 atom stereocenters. The number of rotatable bonds is 4. The molecule has 0 saturated heterocycles. The molecule has 0 unspecified atom stereocenters. The van der Waals surface area contributed by atoms with Gasteiger partial charge in [0.25, 0.3) is 0 Å². The van der Waals surface area contributed by atoms with Gasteiger partial charge in [0.15, 0.2) is 0 Å². The summed E-state index contributed by atoms with van der Waals surface area (Å²) in [6.07, 6.45) is 0. The molecule has 0 N–H and O–H groups in total. The summed E-state index contributed by atoms with van der Waals surface area (Å²) in [5.41, 5.74) is 9.43. The van der Waals surface area contributed by atoms with E-state index < -0.39 is 11.5 Å². The third-order valence-electron chi connectivity index (χ3n) is 11.5. The lowest BCUT2D eigenvalue weighted by Crippen LogP contribution is -2.36. The van der Waals surface area contributed by atoms with Gasteiger partial charge in [-0.3, -0.25) is 0 Å². The summed E-state index contributed by atoms with van der Waals surface area (Å²) in [5, 5.41) is 4.17. The zero-order valence-corrected chi connectivity index (χ0v) is 32.0. The van der Waals surface area contributed by atoms with E-state index in [0.29, 0.717) is 5.56 Å². The van der Waals surface area contributed by atoms with Crippen LogP contribution >= 0.6 is 23.5 Å². The molecule has 0 radical (unpaired) electrons. The van der Waals surface area contributed by atoms with Gasteiger partial charge in [0, 0.05) is 52.8 Å². The van der Waals surface area contributed by atoms with E-state index in [0.717, 1.165) is 49.8 Å². The Kier molecular flexibility index (Phi) is 6.28. The first-order valence-electron chi connectivity index (χ1n) is 21.4. The molecule has 0 amide bonds. The molecule has 4 heteroatoms. The van der Waals surface area contributed by atoms with Crippen LogP contribution in [0.2, 0.25) is 0 Å². The zero-order chi connectivity index (χ0) is 41.9. The molecule has 10 aromatic rings. The van der Waals surface area contributed by atoms with Gasteiger partial charge in [-0.1, -0.05) is 151 Å². The van der Waals surface area contributed by atoms with E-state index in [9.17, 15) is 0 Å². The first-order chi connectivity index (χ1) is 30.3. The fourth-order valence-corrected chi connectivity index (χ4v) is 11.4. The Morgan fingerprint density at radius 1 is 0.439 bits per heavy atom. The predicted molar refractivity (Wildman–Crippen MR) is 238 cm³/mol. The Morgan fingerprint density at radius 2 is 1.00 bits per heavy atom. The van der Waals surface area contributed by atoms with Crippen LogP contribution in [0.3, 0.4) is 0 Å². The van der Waals surface area contributed by atoms with E-state index in [1.165, 1.54) is 41.8 Å². The summed E-state index contributed by atoms with van der Waals surface area (Å²) in [6.45, 7) is 0. The Hall–Kier alpha value is -6.46. The van der Waals surface area contributed by atoms with E-state index in [1.807, 2.05) is 54.2 Å². The Morgan fingerprint density at radius 3 is 1.70 bits per heavy atom. The van der Waals surface area contributed by atoms with Gasteiger partial charge >= 0.3 is 0 Å². The Labute approximate surface area is 346 Å². The fourth-order valence-electron chi connectivity index (χ4n) is 8.99. The molecule has 2 aliphatic rings. The molecule has 0 fully saturated rings. The molecule has 0 saturated carbocycles. The summed E-state index contributed by atoms with van der Waals surface area (Å²) in [5.74, 6) is 0. The van der Waals surface area contributed by atoms with Crippen molar-refractivity contribution in [3.05, 3.63) is 222 Å². The molecule has 3 heterocycles. The largest absolute Gasteiger partial charge is 0.455 e. The van der Waals surface area contributed by atoms with Crippen molar-refractivity contribution >= 4 is 73.3 Å². The van der Waals surface area contributed by atoms with Crippen LogP contribution < -0.4 is 4.90 Å². The van der Waals surface area contributed by atoms with Crippen molar-refractivity contribution in [2.24, 2.45) is 0 Å². The minimum absolute atomic E-state index is 0.172. The Balaban J connectivity index is 1.12. The maximum atomic E-state index is 8.71. The second kappa shape index (κ2) is 12.8. The summed E-state index contributed by atoms with van der Waals surface area (Å²) in [6, 6.07) is 58.2. The molecule has 9 aromatic carbocycles. The first kappa shape index (κ1) is 28.0.